The minimum atomic E-state index is -4.96. The second kappa shape index (κ2) is 9.13. The molecule has 0 heterocycles. The summed E-state index contributed by atoms with van der Waals surface area (Å²) in [6.45, 7) is 1.63. The molecular weight excluding hydrogens is 268 g/mol. The van der Waals surface area contributed by atoms with Crippen molar-refractivity contribution in [2.24, 2.45) is 0 Å². The first-order valence-corrected chi connectivity index (χ1v) is 5.83. The summed E-state index contributed by atoms with van der Waals surface area (Å²) in [7, 11) is -0.651. The summed E-state index contributed by atoms with van der Waals surface area (Å²) in [5.41, 5.74) is 0. The fraction of sp³-hybridized carbons (Fsp3) is 0.889. The second-order valence-corrected chi connectivity index (χ2v) is 4.09. The highest BCUT2D eigenvalue weighted by atomic mass is 19.4. The number of carbonyl (C=O) groups excluding carboxylic acids is 1. The molecule has 1 unspecified atom stereocenters. The molecule has 0 aliphatic carbocycles. The van der Waals surface area contributed by atoms with Crippen molar-refractivity contribution >= 4 is 13.0 Å². The topological polar surface area (TPSA) is 90.8 Å². The highest BCUT2D eigenvalue weighted by Gasteiger charge is 2.39. The van der Waals surface area contributed by atoms with Crippen molar-refractivity contribution in [2.45, 2.75) is 38.3 Å². The van der Waals surface area contributed by atoms with Gasteiger partial charge in [-0.15, -0.1) is 0 Å². The average Bonchev–Trinajstić information content (AvgIpc) is 2.26. The highest BCUT2D eigenvalue weighted by molar-refractivity contribution is 6.45. The van der Waals surface area contributed by atoms with Gasteiger partial charge in [-0.25, -0.2) is 4.89 Å². The van der Waals surface area contributed by atoms with E-state index in [-0.39, 0.29) is 6.42 Å². The van der Waals surface area contributed by atoms with Crippen LogP contribution in [0.3, 0.4) is 0 Å². The van der Waals surface area contributed by atoms with Crippen LogP contribution in [0.25, 0.3) is 0 Å². The quantitative estimate of drug-likeness (QED) is 0.213. The van der Waals surface area contributed by atoms with E-state index in [4.69, 9.17) is 10.3 Å². The predicted molar refractivity (Wildman–Crippen MR) is 62.3 cm³/mol. The number of amides is 1. The summed E-state index contributed by atoms with van der Waals surface area (Å²) in [5, 5.41) is 21.6. The molecule has 4 N–H and O–H groups in total. The van der Waals surface area contributed by atoms with E-state index in [2.05, 4.69) is 10.1 Å². The van der Waals surface area contributed by atoms with Gasteiger partial charge in [-0.2, -0.15) is 13.2 Å². The lowest BCUT2D eigenvalue weighted by Gasteiger charge is -2.18. The molecule has 6 nitrogen and oxygen atoms in total. The Kier molecular flexibility index (Phi) is 8.73. The van der Waals surface area contributed by atoms with E-state index < -0.39 is 31.8 Å². The Hall–Kier alpha value is -0.835. The van der Waals surface area contributed by atoms with Crippen molar-refractivity contribution in [2.75, 3.05) is 13.2 Å². The van der Waals surface area contributed by atoms with Gasteiger partial charge in [0.1, 0.15) is 6.61 Å². The molecular formula is C9H18BF3N2O4. The van der Waals surface area contributed by atoms with Gasteiger partial charge < -0.3 is 15.6 Å². The van der Waals surface area contributed by atoms with Crippen LogP contribution < -0.4 is 10.5 Å². The van der Waals surface area contributed by atoms with Crippen molar-refractivity contribution in [3.8, 4) is 0 Å². The molecule has 0 fully saturated rings. The Labute approximate surface area is 109 Å². The Morgan fingerprint density at radius 3 is 2.53 bits per heavy atom. The van der Waals surface area contributed by atoms with Crippen LogP contribution in [0.1, 0.15) is 19.3 Å². The van der Waals surface area contributed by atoms with Crippen LogP contribution >= 0.6 is 0 Å². The van der Waals surface area contributed by atoms with E-state index >= 15 is 0 Å². The molecule has 0 radical (unpaired) electrons. The van der Waals surface area contributed by atoms with Crippen LogP contribution in [0.2, 0.25) is 6.82 Å². The third-order valence-electron chi connectivity index (χ3n) is 2.29. The molecule has 0 aliphatic rings. The maximum atomic E-state index is 12.0. The Bertz CT molecular complexity index is 266. The zero-order chi connectivity index (χ0) is 14.9. The standard InChI is InChI=1S/C9H18BF3N2O4/c1-10(17)14-5-3-2-4-7(6-19-18)15-8(16)9(11,12)13/h7,14,17-18H,2-6H2,1H3,(H,15,16). The monoisotopic (exact) mass is 286 g/mol. The van der Waals surface area contributed by atoms with E-state index in [1.54, 1.807) is 12.1 Å². The molecule has 0 aliphatic heterocycles. The summed E-state index contributed by atoms with van der Waals surface area (Å²) in [6, 6.07) is -0.911. The number of unbranched alkanes of at least 4 members (excludes halogenated alkanes) is 1. The van der Waals surface area contributed by atoms with Gasteiger partial charge in [-0.3, -0.25) is 10.1 Å². The predicted octanol–water partition coefficient (Wildman–Crippen LogP) is 0.393. The van der Waals surface area contributed by atoms with Gasteiger partial charge in [0, 0.05) is 0 Å². The lowest BCUT2D eigenvalue weighted by Crippen LogP contribution is -2.45. The minimum Gasteiger partial charge on any atom is -0.437 e. The molecule has 0 rings (SSSR count). The molecule has 0 aromatic heterocycles. The normalized spacial score (nSPS) is 13.2. The molecule has 0 bridgehead atoms. The van der Waals surface area contributed by atoms with Gasteiger partial charge in [-0.05, 0) is 26.2 Å². The molecule has 0 saturated carbocycles. The molecule has 0 spiro atoms. The van der Waals surface area contributed by atoms with Crippen LogP contribution in [0.4, 0.5) is 13.2 Å². The van der Waals surface area contributed by atoms with Crippen molar-refractivity contribution in [1.29, 1.82) is 0 Å². The lowest BCUT2D eigenvalue weighted by atomic mass is 9.89. The SMILES string of the molecule is CB(O)NCCCCC(COO)NC(=O)C(F)(F)F. The largest absolute Gasteiger partial charge is 0.471 e. The van der Waals surface area contributed by atoms with E-state index in [0.29, 0.717) is 19.4 Å². The molecule has 1 amide bonds. The number of hydrogen-bond donors (Lipinski definition) is 4. The smallest absolute Gasteiger partial charge is 0.437 e. The fourth-order valence-corrected chi connectivity index (χ4v) is 1.38. The van der Waals surface area contributed by atoms with Crippen LogP contribution in [0.15, 0.2) is 0 Å². The molecule has 0 aromatic rings. The summed E-state index contributed by atoms with van der Waals surface area (Å²) >= 11 is 0. The summed E-state index contributed by atoms with van der Waals surface area (Å²) in [4.78, 5) is 14.5. The number of rotatable bonds is 9. The van der Waals surface area contributed by atoms with Crippen molar-refractivity contribution in [3.63, 3.8) is 0 Å². The van der Waals surface area contributed by atoms with Crippen LogP contribution in [-0.4, -0.2) is 48.6 Å². The molecule has 0 saturated heterocycles. The molecule has 112 valence electrons. The van der Waals surface area contributed by atoms with Gasteiger partial charge in [0.05, 0.1) is 6.04 Å². The maximum Gasteiger partial charge on any atom is 0.471 e. The van der Waals surface area contributed by atoms with E-state index in [0.717, 1.165) is 0 Å². The second-order valence-electron chi connectivity index (χ2n) is 4.09. The van der Waals surface area contributed by atoms with Gasteiger partial charge in [0.15, 0.2) is 0 Å². The summed E-state index contributed by atoms with van der Waals surface area (Å²) in [5.74, 6) is -2.06. The lowest BCUT2D eigenvalue weighted by molar-refractivity contribution is -0.247. The average molecular weight is 286 g/mol. The Morgan fingerprint density at radius 2 is 2.05 bits per heavy atom. The van der Waals surface area contributed by atoms with E-state index in [1.807, 2.05) is 0 Å². The van der Waals surface area contributed by atoms with Gasteiger partial charge in [0.2, 0.25) is 0 Å². The van der Waals surface area contributed by atoms with Crippen LogP contribution in [-0.2, 0) is 9.68 Å². The zero-order valence-electron chi connectivity index (χ0n) is 10.5. The number of alkyl halides is 3. The molecule has 1 atom stereocenters. The van der Waals surface area contributed by atoms with Crippen molar-refractivity contribution in [3.05, 3.63) is 0 Å². The third-order valence-corrected chi connectivity index (χ3v) is 2.29. The van der Waals surface area contributed by atoms with Crippen LogP contribution in [0, 0.1) is 0 Å². The zero-order valence-corrected chi connectivity index (χ0v) is 10.5. The van der Waals surface area contributed by atoms with E-state index in [9.17, 15) is 18.0 Å². The number of nitrogens with one attached hydrogen (secondary N) is 2. The minimum absolute atomic E-state index is 0.226. The van der Waals surface area contributed by atoms with Gasteiger partial charge in [0.25, 0.3) is 0 Å². The van der Waals surface area contributed by atoms with Gasteiger partial charge in [-0.1, -0.05) is 6.42 Å². The molecule has 19 heavy (non-hydrogen) atoms. The Morgan fingerprint density at radius 1 is 1.42 bits per heavy atom. The van der Waals surface area contributed by atoms with Gasteiger partial charge >= 0.3 is 19.1 Å². The number of carbonyl (C=O) groups is 1. The van der Waals surface area contributed by atoms with Crippen molar-refractivity contribution < 1.29 is 33.1 Å². The third kappa shape index (κ3) is 9.71. The summed E-state index contributed by atoms with van der Waals surface area (Å²) < 4.78 is 36.1. The molecule has 10 heteroatoms. The summed E-state index contributed by atoms with van der Waals surface area (Å²) in [6.07, 6.45) is -3.62. The highest BCUT2D eigenvalue weighted by Crippen LogP contribution is 2.15. The number of halogens is 3. The fourth-order valence-electron chi connectivity index (χ4n) is 1.38. The first-order chi connectivity index (χ1) is 8.77. The first kappa shape index (κ1) is 18.2. The Balaban J connectivity index is 3.96. The number of hydrogen-bond acceptors (Lipinski definition) is 5. The maximum absolute atomic E-state index is 12.0. The molecule has 0 aromatic carbocycles. The van der Waals surface area contributed by atoms with E-state index in [1.165, 1.54) is 0 Å². The van der Waals surface area contributed by atoms with Crippen LogP contribution in [0.5, 0.6) is 0 Å². The van der Waals surface area contributed by atoms with Crippen molar-refractivity contribution in [1.82, 2.24) is 10.5 Å². The first-order valence-electron chi connectivity index (χ1n) is 5.83.